The van der Waals surface area contributed by atoms with Crippen LogP contribution in [-0.4, -0.2) is 0 Å². The summed E-state index contributed by atoms with van der Waals surface area (Å²) in [5, 5.41) is -0.00799. The summed E-state index contributed by atoms with van der Waals surface area (Å²) in [6.45, 7) is 4.33. The van der Waals surface area contributed by atoms with Gasteiger partial charge in [-0.2, -0.15) is 0 Å². The number of aryl methyl sites for hydroxylation is 2. The molecule has 0 atom stereocenters. The maximum absolute atomic E-state index is 15.7. The van der Waals surface area contributed by atoms with Crippen LogP contribution in [0.2, 0.25) is 5.02 Å². The van der Waals surface area contributed by atoms with E-state index in [0.717, 1.165) is 47.9 Å². The smallest absolute Gasteiger partial charge is 0.150 e. The van der Waals surface area contributed by atoms with E-state index in [1.54, 1.807) is 0 Å². The number of rotatable bonds is 8. The molecule has 0 saturated carbocycles. The SMILES string of the molecule is CCCCCc1ccc(-c2cc3c(c(Cl)c2F)-c2c-3ccc(-c3ccc(CCC)cc3)c2F)cc1. The van der Waals surface area contributed by atoms with Crippen LogP contribution in [0.3, 0.4) is 0 Å². The van der Waals surface area contributed by atoms with Crippen molar-refractivity contribution >= 4 is 11.6 Å². The van der Waals surface area contributed by atoms with Crippen LogP contribution in [0.4, 0.5) is 8.78 Å². The van der Waals surface area contributed by atoms with Crippen molar-refractivity contribution < 1.29 is 8.78 Å². The lowest BCUT2D eigenvalue weighted by Gasteiger charge is -2.28. The molecule has 3 heteroatoms. The summed E-state index contributed by atoms with van der Waals surface area (Å²) < 4.78 is 31.1. The summed E-state index contributed by atoms with van der Waals surface area (Å²) >= 11 is 6.52. The Labute approximate surface area is 211 Å². The first-order valence-corrected chi connectivity index (χ1v) is 12.9. The van der Waals surface area contributed by atoms with Crippen molar-refractivity contribution in [3.63, 3.8) is 0 Å². The van der Waals surface area contributed by atoms with E-state index >= 15 is 8.78 Å². The summed E-state index contributed by atoms with van der Waals surface area (Å²) in [5.41, 5.74) is 7.51. The van der Waals surface area contributed by atoms with E-state index < -0.39 is 5.82 Å². The summed E-state index contributed by atoms with van der Waals surface area (Å²) in [5.74, 6) is -0.841. The van der Waals surface area contributed by atoms with E-state index in [4.69, 9.17) is 11.6 Å². The second-order valence-electron chi connectivity index (χ2n) is 9.43. The molecule has 4 aromatic carbocycles. The fourth-order valence-electron chi connectivity index (χ4n) is 5.07. The zero-order valence-electron chi connectivity index (χ0n) is 20.2. The number of halogens is 3. The maximum Gasteiger partial charge on any atom is 0.150 e. The molecule has 35 heavy (non-hydrogen) atoms. The highest BCUT2D eigenvalue weighted by Gasteiger charge is 2.33. The molecule has 1 aliphatic rings. The first-order valence-electron chi connectivity index (χ1n) is 12.6. The molecule has 0 N–H and O–H groups in total. The molecule has 0 unspecified atom stereocenters. The molecule has 0 radical (unpaired) electrons. The van der Waals surface area contributed by atoms with Crippen molar-refractivity contribution in [1.29, 1.82) is 0 Å². The molecule has 0 aromatic heterocycles. The Kier molecular flexibility index (Phi) is 6.75. The number of hydrogen-bond acceptors (Lipinski definition) is 0. The molecule has 5 rings (SSSR count). The van der Waals surface area contributed by atoms with Crippen molar-refractivity contribution in [2.24, 2.45) is 0 Å². The van der Waals surface area contributed by atoms with Gasteiger partial charge >= 0.3 is 0 Å². The molecular formula is C32H29ClF2. The minimum Gasteiger partial charge on any atom is -0.206 e. The largest absolute Gasteiger partial charge is 0.206 e. The van der Waals surface area contributed by atoms with E-state index in [1.165, 1.54) is 24.0 Å². The Morgan fingerprint density at radius 2 is 1.17 bits per heavy atom. The van der Waals surface area contributed by atoms with Gasteiger partial charge in [-0.3, -0.25) is 0 Å². The lowest BCUT2D eigenvalue weighted by Crippen LogP contribution is -2.06. The molecule has 0 bridgehead atoms. The molecular weight excluding hydrogens is 458 g/mol. The van der Waals surface area contributed by atoms with Crippen LogP contribution in [-0.2, 0) is 12.8 Å². The first-order chi connectivity index (χ1) is 17.0. The van der Waals surface area contributed by atoms with Crippen LogP contribution in [0, 0.1) is 11.6 Å². The predicted molar refractivity (Wildman–Crippen MR) is 144 cm³/mol. The average Bonchev–Trinajstić information content (AvgIpc) is 2.86. The van der Waals surface area contributed by atoms with Crippen LogP contribution >= 0.6 is 11.6 Å². The Balaban J connectivity index is 1.48. The Morgan fingerprint density at radius 3 is 1.80 bits per heavy atom. The average molecular weight is 487 g/mol. The highest BCUT2D eigenvalue weighted by atomic mass is 35.5. The Bertz CT molecular complexity index is 1370. The molecule has 0 heterocycles. The highest BCUT2D eigenvalue weighted by molar-refractivity contribution is 6.36. The van der Waals surface area contributed by atoms with Gasteiger partial charge in [-0.25, -0.2) is 8.78 Å². The second-order valence-corrected chi connectivity index (χ2v) is 9.80. The molecule has 0 amide bonds. The predicted octanol–water partition coefficient (Wildman–Crippen LogP) is 10.3. The molecule has 0 fully saturated rings. The van der Waals surface area contributed by atoms with E-state index in [2.05, 4.69) is 26.0 Å². The normalized spacial score (nSPS) is 11.7. The molecule has 0 saturated heterocycles. The zero-order chi connectivity index (χ0) is 24.5. The quantitative estimate of drug-likeness (QED) is 0.191. The zero-order valence-corrected chi connectivity index (χ0v) is 21.0. The van der Waals surface area contributed by atoms with Gasteiger partial charge in [0.1, 0.15) is 11.6 Å². The van der Waals surface area contributed by atoms with Crippen molar-refractivity contribution in [1.82, 2.24) is 0 Å². The van der Waals surface area contributed by atoms with Crippen molar-refractivity contribution in [2.45, 2.75) is 52.4 Å². The fraction of sp³-hybridized carbons (Fsp3) is 0.250. The van der Waals surface area contributed by atoms with Gasteiger partial charge in [-0.1, -0.05) is 105 Å². The van der Waals surface area contributed by atoms with Crippen LogP contribution in [0.1, 0.15) is 50.7 Å². The number of benzene rings is 4. The third-order valence-electron chi connectivity index (χ3n) is 7.03. The van der Waals surface area contributed by atoms with Gasteiger partial charge in [0.25, 0.3) is 0 Å². The fourth-order valence-corrected chi connectivity index (χ4v) is 5.37. The van der Waals surface area contributed by atoms with Crippen LogP contribution in [0.5, 0.6) is 0 Å². The minimum absolute atomic E-state index is 0.00799. The van der Waals surface area contributed by atoms with E-state index in [-0.39, 0.29) is 10.8 Å². The summed E-state index contributed by atoms with van der Waals surface area (Å²) in [7, 11) is 0. The lowest BCUT2D eigenvalue weighted by molar-refractivity contribution is 0.627. The third kappa shape index (κ3) is 4.29. The van der Waals surface area contributed by atoms with Gasteiger partial charge in [-0.15, -0.1) is 0 Å². The highest BCUT2D eigenvalue weighted by Crippen LogP contribution is 2.55. The van der Waals surface area contributed by atoms with E-state index in [9.17, 15) is 0 Å². The topological polar surface area (TPSA) is 0 Å². The van der Waals surface area contributed by atoms with E-state index in [1.807, 2.05) is 54.6 Å². The molecule has 0 aliphatic heterocycles. The van der Waals surface area contributed by atoms with Gasteiger partial charge in [0.15, 0.2) is 0 Å². The second kappa shape index (κ2) is 9.95. The molecule has 178 valence electrons. The van der Waals surface area contributed by atoms with E-state index in [0.29, 0.717) is 22.3 Å². The van der Waals surface area contributed by atoms with Crippen molar-refractivity contribution in [2.75, 3.05) is 0 Å². The summed E-state index contributed by atoms with van der Waals surface area (Å²) in [4.78, 5) is 0. The van der Waals surface area contributed by atoms with Gasteiger partial charge in [0, 0.05) is 22.3 Å². The monoisotopic (exact) mass is 486 g/mol. The molecule has 0 nitrogen and oxygen atoms in total. The van der Waals surface area contributed by atoms with Crippen LogP contribution in [0.25, 0.3) is 44.5 Å². The van der Waals surface area contributed by atoms with Gasteiger partial charge in [-0.05, 0) is 58.7 Å². The molecule has 1 aliphatic carbocycles. The molecule has 0 spiro atoms. The van der Waals surface area contributed by atoms with Crippen LogP contribution < -0.4 is 0 Å². The first kappa shape index (κ1) is 23.8. The van der Waals surface area contributed by atoms with Crippen molar-refractivity contribution in [3.8, 4) is 44.5 Å². The number of hydrogen-bond donors (Lipinski definition) is 0. The van der Waals surface area contributed by atoms with Gasteiger partial charge in [0.2, 0.25) is 0 Å². The van der Waals surface area contributed by atoms with Gasteiger partial charge < -0.3 is 0 Å². The van der Waals surface area contributed by atoms with Crippen molar-refractivity contribution in [3.05, 3.63) is 94.5 Å². The third-order valence-corrected chi connectivity index (χ3v) is 7.38. The standard InChI is InChI=1S/C32H29ClF2/c1-3-5-6-8-21-11-15-23(16-12-21)26-19-27-25-18-17-24(22-13-9-20(7-4-2)10-14-22)31(34)29(25)28(27)30(33)32(26)35/h9-19H,3-8H2,1-2H3. The number of fused-ring (bicyclic) bond motifs is 4. The molecule has 4 aromatic rings. The maximum atomic E-state index is 15.7. The number of unbranched alkanes of at least 4 members (excludes halogenated alkanes) is 2. The Hall–Kier alpha value is -2.97. The minimum atomic E-state index is -0.497. The van der Waals surface area contributed by atoms with Gasteiger partial charge in [0.05, 0.1) is 5.02 Å². The summed E-state index contributed by atoms with van der Waals surface area (Å²) in [6.07, 6.45) is 6.64. The summed E-state index contributed by atoms with van der Waals surface area (Å²) in [6, 6.07) is 21.6. The van der Waals surface area contributed by atoms with Crippen LogP contribution in [0.15, 0.2) is 66.7 Å². The lowest BCUT2D eigenvalue weighted by atomic mass is 9.77. The Morgan fingerprint density at radius 1 is 0.571 bits per heavy atom.